The molecule has 2 rings (SSSR count). The van der Waals surface area contributed by atoms with Crippen LogP contribution in [0.25, 0.3) is 0 Å². The Kier molecular flexibility index (Phi) is 5.82. The Morgan fingerprint density at radius 3 is 2.33 bits per heavy atom. The molecule has 1 N–H and O–H groups in total. The van der Waals surface area contributed by atoms with Crippen LogP contribution in [0.2, 0.25) is 0 Å². The Hall–Kier alpha value is -0.870. The molecule has 1 fully saturated rings. The highest BCUT2D eigenvalue weighted by atomic mass is 32.2. The molecule has 1 aromatic carbocycles. The summed E-state index contributed by atoms with van der Waals surface area (Å²) in [5.41, 5.74) is 1.21. The third kappa shape index (κ3) is 4.82. The van der Waals surface area contributed by atoms with Crippen LogP contribution in [0.4, 0.5) is 0 Å². The smallest absolute Gasteiger partial charge is 0.175 e. The van der Waals surface area contributed by atoms with E-state index in [1.165, 1.54) is 37.5 Å². The van der Waals surface area contributed by atoms with Crippen molar-refractivity contribution in [3.8, 4) is 0 Å². The standard InChI is InChI=1S/C17H27NO2S/c1-3-12-18-17(13-14-6-4-5-7-14)15-8-10-16(11-9-15)21(2,19)20/h8-11,14,17-18H,3-7,12-13H2,1-2H3. The zero-order chi connectivity index (χ0) is 15.3. The second-order valence-corrected chi connectivity index (χ2v) is 8.25. The van der Waals surface area contributed by atoms with Gasteiger partial charge in [-0.15, -0.1) is 0 Å². The summed E-state index contributed by atoms with van der Waals surface area (Å²) >= 11 is 0. The van der Waals surface area contributed by atoms with Crippen LogP contribution >= 0.6 is 0 Å². The molecular weight excluding hydrogens is 282 g/mol. The maximum atomic E-state index is 11.5. The lowest BCUT2D eigenvalue weighted by Gasteiger charge is -2.22. The second-order valence-electron chi connectivity index (χ2n) is 6.23. The van der Waals surface area contributed by atoms with Crippen LogP contribution in [0.3, 0.4) is 0 Å². The van der Waals surface area contributed by atoms with Gasteiger partial charge in [0, 0.05) is 12.3 Å². The molecule has 0 heterocycles. The van der Waals surface area contributed by atoms with Gasteiger partial charge in [-0.05, 0) is 43.0 Å². The molecule has 0 radical (unpaired) electrons. The van der Waals surface area contributed by atoms with Crippen molar-refractivity contribution in [1.82, 2.24) is 5.32 Å². The van der Waals surface area contributed by atoms with E-state index >= 15 is 0 Å². The first-order valence-corrected chi connectivity index (χ1v) is 9.93. The average molecular weight is 309 g/mol. The molecule has 3 nitrogen and oxygen atoms in total. The first-order chi connectivity index (χ1) is 10.0. The fraction of sp³-hybridized carbons (Fsp3) is 0.647. The average Bonchev–Trinajstić information content (AvgIpc) is 2.95. The van der Waals surface area contributed by atoms with Crippen LogP contribution in [0.15, 0.2) is 29.2 Å². The minimum absolute atomic E-state index is 0.349. The Morgan fingerprint density at radius 2 is 1.81 bits per heavy atom. The lowest BCUT2D eigenvalue weighted by Crippen LogP contribution is -2.24. The van der Waals surface area contributed by atoms with Crippen molar-refractivity contribution in [2.45, 2.75) is 56.4 Å². The zero-order valence-corrected chi connectivity index (χ0v) is 14.0. The first-order valence-electron chi connectivity index (χ1n) is 8.04. The van der Waals surface area contributed by atoms with E-state index in [1.54, 1.807) is 12.1 Å². The number of hydrogen-bond donors (Lipinski definition) is 1. The van der Waals surface area contributed by atoms with Crippen LogP contribution in [-0.4, -0.2) is 21.2 Å². The Labute approximate surface area is 129 Å². The van der Waals surface area contributed by atoms with Crippen molar-refractivity contribution in [2.75, 3.05) is 12.8 Å². The molecule has 1 unspecified atom stereocenters. The molecule has 0 aromatic heterocycles. The van der Waals surface area contributed by atoms with Gasteiger partial charge >= 0.3 is 0 Å². The molecule has 1 aliphatic rings. The summed E-state index contributed by atoms with van der Waals surface area (Å²) in [6, 6.07) is 7.76. The van der Waals surface area contributed by atoms with Crippen molar-refractivity contribution in [2.24, 2.45) is 5.92 Å². The van der Waals surface area contributed by atoms with Gasteiger partial charge in [-0.3, -0.25) is 0 Å². The second kappa shape index (κ2) is 7.41. The number of nitrogens with one attached hydrogen (secondary N) is 1. The van der Waals surface area contributed by atoms with E-state index in [4.69, 9.17) is 0 Å². The highest BCUT2D eigenvalue weighted by molar-refractivity contribution is 7.90. The largest absolute Gasteiger partial charge is 0.310 e. The molecule has 1 aliphatic carbocycles. The highest BCUT2D eigenvalue weighted by Crippen LogP contribution is 2.33. The van der Waals surface area contributed by atoms with E-state index in [9.17, 15) is 8.42 Å². The number of rotatable bonds is 7. The molecule has 0 bridgehead atoms. The molecule has 0 spiro atoms. The summed E-state index contributed by atoms with van der Waals surface area (Å²) < 4.78 is 23.1. The van der Waals surface area contributed by atoms with E-state index in [2.05, 4.69) is 12.2 Å². The fourth-order valence-electron chi connectivity index (χ4n) is 3.18. The summed E-state index contributed by atoms with van der Waals surface area (Å²) in [6.07, 6.45) is 8.93. The summed E-state index contributed by atoms with van der Waals surface area (Å²) in [5.74, 6) is 0.814. The van der Waals surface area contributed by atoms with Crippen molar-refractivity contribution >= 4 is 9.84 Å². The maximum absolute atomic E-state index is 11.5. The maximum Gasteiger partial charge on any atom is 0.175 e. The third-order valence-electron chi connectivity index (χ3n) is 4.40. The molecule has 0 aliphatic heterocycles. The molecule has 21 heavy (non-hydrogen) atoms. The monoisotopic (exact) mass is 309 g/mol. The Bertz CT molecular complexity index is 530. The molecule has 0 amide bonds. The minimum atomic E-state index is -3.11. The molecule has 118 valence electrons. The molecule has 0 saturated heterocycles. The third-order valence-corrected chi connectivity index (χ3v) is 5.52. The molecule has 1 aromatic rings. The fourth-order valence-corrected chi connectivity index (χ4v) is 3.81. The van der Waals surface area contributed by atoms with Crippen LogP contribution in [-0.2, 0) is 9.84 Å². The normalized spacial score (nSPS) is 18.0. The van der Waals surface area contributed by atoms with Gasteiger partial charge in [-0.2, -0.15) is 0 Å². The predicted octanol–water partition coefficient (Wildman–Crippen LogP) is 3.71. The molecular formula is C17H27NO2S. The number of benzene rings is 1. The van der Waals surface area contributed by atoms with Gasteiger partial charge in [0.25, 0.3) is 0 Å². The SMILES string of the molecule is CCCNC(CC1CCCC1)c1ccc(S(C)(=O)=O)cc1. The van der Waals surface area contributed by atoms with E-state index in [0.29, 0.717) is 10.9 Å². The van der Waals surface area contributed by atoms with E-state index in [0.717, 1.165) is 25.3 Å². The van der Waals surface area contributed by atoms with Gasteiger partial charge in [0.05, 0.1) is 4.90 Å². The number of sulfone groups is 1. The summed E-state index contributed by atoms with van der Waals surface area (Å²) in [4.78, 5) is 0.404. The van der Waals surface area contributed by atoms with Crippen LogP contribution in [0.1, 0.15) is 57.1 Å². The first kappa shape index (κ1) is 16.5. The van der Waals surface area contributed by atoms with Gasteiger partial charge in [0.2, 0.25) is 0 Å². The lowest BCUT2D eigenvalue weighted by atomic mass is 9.93. The van der Waals surface area contributed by atoms with Crippen LogP contribution in [0.5, 0.6) is 0 Å². The van der Waals surface area contributed by atoms with Crippen LogP contribution in [0, 0.1) is 5.92 Å². The zero-order valence-electron chi connectivity index (χ0n) is 13.1. The van der Waals surface area contributed by atoms with E-state index < -0.39 is 9.84 Å². The minimum Gasteiger partial charge on any atom is -0.310 e. The molecule has 4 heteroatoms. The molecule has 1 saturated carbocycles. The van der Waals surface area contributed by atoms with E-state index in [-0.39, 0.29) is 0 Å². The summed E-state index contributed by atoms with van der Waals surface area (Å²) in [6.45, 7) is 3.18. The molecule has 1 atom stereocenters. The van der Waals surface area contributed by atoms with Gasteiger partial charge in [0.1, 0.15) is 0 Å². The predicted molar refractivity (Wildman–Crippen MR) is 87.2 cm³/mol. The van der Waals surface area contributed by atoms with Gasteiger partial charge in [-0.1, -0.05) is 44.7 Å². The lowest BCUT2D eigenvalue weighted by molar-refractivity contribution is 0.395. The summed E-state index contributed by atoms with van der Waals surface area (Å²) in [7, 11) is -3.11. The highest BCUT2D eigenvalue weighted by Gasteiger charge is 2.21. The van der Waals surface area contributed by atoms with Gasteiger partial charge in [-0.25, -0.2) is 8.42 Å². The van der Waals surface area contributed by atoms with Crippen molar-refractivity contribution in [3.63, 3.8) is 0 Å². The van der Waals surface area contributed by atoms with Crippen molar-refractivity contribution < 1.29 is 8.42 Å². The Balaban J connectivity index is 2.11. The van der Waals surface area contributed by atoms with Crippen LogP contribution < -0.4 is 5.32 Å². The quantitative estimate of drug-likeness (QED) is 0.835. The topological polar surface area (TPSA) is 46.2 Å². The number of hydrogen-bond acceptors (Lipinski definition) is 3. The Morgan fingerprint density at radius 1 is 1.19 bits per heavy atom. The van der Waals surface area contributed by atoms with Crippen molar-refractivity contribution in [1.29, 1.82) is 0 Å². The van der Waals surface area contributed by atoms with Crippen molar-refractivity contribution in [3.05, 3.63) is 29.8 Å². The van der Waals surface area contributed by atoms with Gasteiger partial charge in [0.15, 0.2) is 9.84 Å². The van der Waals surface area contributed by atoms with Gasteiger partial charge < -0.3 is 5.32 Å². The van der Waals surface area contributed by atoms with E-state index in [1.807, 2.05) is 12.1 Å². The summed E-state index contributed by atoms with van der Waals surface area (Å²) in [5, 5.41) is 3.62.